The Morgan fingerprint density at radius 2 is 2.33 bits per heavy atom. The molecule has 0 saturated carbocycles. The number of nitrogens with zero attached hydrogens (tertiary/aromatic N) is 2. The molecule has 0 bridgehead atoms. The monoisotopic (exact) mass is 265 g/mol. The van der Waals surface area contributed by atoms with E-state index < -0.39 is 5.97 Å². The predicted octanol–water partition coefficient (Wildman–Crippen LogP) is 2.52. The summed E-state index contributed by atoms with van der Waals surface area (Å²) in [6.07, 6.45) is 2.10. The maximum absolute atomic E-state index is 10.7. The maximum Gasteiger partial charge on any atom is 0.306 e. The lowest BCUT2D eigenvalue weighted by Gasteiger charge is -2.08. The number of hydrogen-bond donors (Lipinski definition) is 2. The van der Waals surface area contributed by atoms with E-state index in [2.05, 4.69) is 15.3 Å². The molecule has 2 aromatic rings. The number of carboxylic acids is 1. The minimum atomic E-state index is -0.768. The molecule has 0 aliphatic carbocycles. The Morgan fingerprint density at radius 1 is 1.56 bits per heavy atom. The van der Waals surface area contributed by atoms with Crippen molar-refractivity contribution < 1.29 is 9.90 Å². The van der Waals surface area contributed by atoms with Gasteiger partial charge in [-0.05, 0) is 19.4 Å². The van der Waals surface area contributed by atoms with Crippen LogP contribution in [0.2, 0.25) is 0 Å². The van der Waals surface area contributed by atoms with Crippen molar-refractivity contribution in [1.82, 2.24) is 9.97 Å². The van der Waals surface area contributed by atoms with Crippen molar-refractivity contribution in [3.63, 3.8) is 0 Å². The van der Waals surface area contributed by atoms with Crippen LogP contribution >= 0.6 is 11.3 Å². The lowest BCUT2D eigenvalue weighted by molar-refractivity contribution is -0.141. The highest BCUT2D eigenvalue weighted by Crippen LogP contribution is 2.27. The van der Waals surface area contributed by atoms with E-state index >= 15 is 0 Å². The average molecular weight is 265 g/mol. The van der Waals surface area contributed by atoms with Crippen LogP contribution in [-0.2, 0) is 4.79 Å². The lowest BCUT2D eigenvalue weighted by atomic mass is 10.1. The second kappa shape index (κ2) is 5.30. The zero-order valence-corrected chi connectivity index (χ0v) is 11.1. The largest absolute Gasteiger partial charge is 0.481 e. The van der Waals surface area contributed by atoms with Gasteiger partial charge in [-0.3, -0.25) is 4.79 Å². The quantitative estimate of drug-likeness (QED) is 0.868. The first-order valence-corrected chi connectivity index (χ1v) is 6.57. The van der Waals surface area contributed by atoms with Crippen molar-refractivity contribution in [3.8, 4) is 0 Å². The highest BCUT2D eigenvalue weighted by atomic mass is 32.1. The Hall–Kier alpha value is -1.69. The van der Waals surface area contributed by atoms with Gasteiger partial charge in [-0.25, -0.2) is 9.97 Å². The number of anilines is 1. The summed E-state index contributed by atoms with van der Waals surface area (Å²) in [5, 5.41) is 13.0. The second-order valence-corrected chi connectivity index (χ2v) is 5.49. The molecule has 1 unspecified atom stereocenters. The van der Waals surface area contributed by atoms with Gasteiger partial charge in [0.15, 0.2) is 0 Å². The molecule has 0 aliphatic rings. The lowest BCUT2D eigenvalue weighted by Crippen LogP contribution is -2.14. The SMILES string of the molecule is Cc1cc2c(NCCC(C)C(=O)O)ncnc2s1. The summed E-state index contributed by atoms with van der Waals surface area (Å²) >= 11 is 1.63. The van der Waals surface area contributed by atoms with Crippen LogP contribution in [-0.4, -0.2) is 27.6 Å². The van der Waals surface area contributed by atoms with Gasteiger partial charge < -0.3 is 10.4 Å². The second-order valence-electron chi connectivity index (χ2n) is 4.25. The van der Waals surface area contributed by atoms with E-state index in [4.69, 9.17) is 5.11 Å². The summed E-state index contributed by atoms with van der Waals surface area (Å²) in [7, 11) is 0. The summed E-state index contributed by atoms with van der Waals surface area (Å²) in [4.78, 5) is 21.3. The third kappa shape index (κ3) is 2.76. The molecule has 0 saturated heterocycles. The minimum Gasteiger partial charge on any atom is -0.481 e. The first-order chi connectivity index (χ1) is 8.58. The van der Waals surface area contributed by atoms with Crippen LogP contribution < -0.4 is 5.32 Å². The van der Waals surface area contributed by atoms with Crippen LogP contribution in [0.25, 0.3) is 10.2 Å². The minimum absolute atomic E-state index is 0.348. The molecule has 18 heavy (non-hydrogen) atoms. The third-order valence-corrected chi connectivity index (χ3v) is 3.70. The van der Waals surface area contributed by atoms with E-state index in [1.165, 1.54) is 11.2 Å². The van der Waals surface area contributed by atoms with Crippen LogP contribution in [0.5, 0.6) is 0 Å². The number of nitrogens with one attached hydrogen (secondary N) is 1. The normalized spacial score (nSPS) is 12.6. The number of fused-ring (bicyclic) bond motifs is 1. The number of aliphatic carboxylic acids is 1. The van der Waals surface area contributed by atoms with Crippen LogP contribution in [0.3, 0.4) is 0 Å². The van der Waals surface area contributed by atoms with Crippen molar-refractivity contribution in [3.05, 3.63) is 17.3 Å². The molecule has 2 N–H and O–H groups in total. The first kappa shape index (κ1) is 12.8. The van der Waals surface area contributed by atoms with E-state index in [1.54, 1.807) is 18.3 Å². The maximum atomic E-state index is 10.7. The number of carbonyl (C=O) groups is 1. The molecule has 1 atom stereocenters. The topological polar surface area (TPSA) is 75.1 Å². The fraction of sp³-hybridized carbons (Fsp3) is 0.417. The Labute approximate surface area is 109 Å². The number of carboxylic acid groups (broad SMARTS) is 1. The predicted molar refractivity (Wildman–Crippen MR) is 72.1 cm³/mol. The molecule has 0 aliphatic heterocycles. The molecular weight excluding hydrogens is 250 g/mol. The number of thiophene rings is 1. The van der Waals surface area contributed by atoms with E-state index in [1.807, 2.05) is 13.0 Å². The molecule has 2 heterocycles. The van der Waals surface area contributed by atoms with E-state index in [-0.39, 0.29) is 5.92 Å². The highest BCUT2D eigenvalue weighted by molar-refractivity contribution is 7.18. The zero-order chi connectivity index (χ0) is 13.1. The summed E-state index contributed by atoms with van der Waals surface area (Å²) in [6, 6.07) is 2.04. The average Bonchev–Trinajstić information content (AvgIpc) is 2.70. The molecule has 2 rings (SSSR count). The number of rotatable bonds is 5. The fourth-order valence-corrected chi connectivity index (χ4v) is 2.49. The zero-order valence-electron chi connectivity index (χ0n) is 10.3. The van der Waals surface area contributed by atoms with E-state index in [0.29, 0.717) is 13.0 Å². The molecule has 2 aromatic heterocycles. The fourth-order valence-electron chi connectivity index (χ4n) is 1.65. The van der Waals surface area contributed by atoms with E-state index in [9.17, 15) is 4.79 Å². The standard InChI is InChI=1S/C12H15N3O2S/c1-7(12(16)17)3-4-13-10-9-5-8(2)18-11(9)15-6-14-10/h5-7H,3-4H2,1-2H3,(H,16,17)(H,13,14,15). The molecule has 0 spiro atoms. The van der Waals surface area contributed by atoms with Gasteiger partial charge in [0.2, 0.25) is 0 Å². The highest BCUT2D eigenvalue weighted by Gasteiger charge is 2.11. The van der Waals surface area contributed by atoms with Crippen molar-refractivity contribution in [2.45, 2.75) is 20.3 Å². The molecule has 5 nitrogen and oxygen atoms in total. The van der Waals surface area contributed by atoms with Gasteiger partial charge in [-0.1, -0.05) is 6.92 Å². The van der Waals surface area contributed by atoms with Gasteiger partial charge in [0, 0.05) is 11.4 Å². The third-order valence-electron chi connectivity index (χ3n) is 2.74. The summed E-state index contributed by atoms with van der Waals surface area (Å²) < 4.78 is 0. The Bertz CT molecular complexity index is 567. The van der Waals surface area contributed by atoms with Gasteiger partial charge in [0.05, 0.1) is 11.3 Å². The van der Waals surface area contributed by atoms with Gasteiger partial charge in [-0.2, -0.15) is 0 Å². The van der Waals surface area contributed by atoms with Crippen molar-refractivity contribution in [2.75, 3.05) is 11.9 Å². The van der Waals surface area contributed by atoms with Crippen LogP contribution in [0, 0.1) is 12.8 Å². The Morgan fingerprint density at radius 3 is 3.06 bits per heavy atom. The van der Waals surface area contributed by atoms with Crippen LogP contribution in [0.15, 0.2) is 12.4 Å². The van der Waals surface area contributed by atoms with Crippen molar-refractivity contribution in [1.29, 1.82) is 0 Å². The smallest absolute Gasteiger partial charge is 0.306 e. The van der Waals surface area contributed by atoms with Crippen LogP contribution in [0.4, 0.5) is 5.82 Å². The number of hydrogen-bond acceptors (Lipinski definition) is 5. The molecule has 0 amide bonds. The first-order valence-electron chi connectivity index (χ1n) is 5.75. The molecule has 0 aromatic carbocycles. The number of aromatic nitrogens is 2. The van der Waals surface area contributed by atoms with E-state index in [0.717, 1.165) is 16.0 Å². The van der Waals surface area contributed by atoms with Crippen LogP contribution in [0.1, 0.15) is 18.2 Å². The van der Waals surface area contributed by atoms with Gasteiger partial charge in [0.1, 0.15) is 17.0 Å². The van der Waals surface area contributed by atoms with Crippen molar-refractivity contribution >= 4 is 33.3 Å². The summed E-state index contributed by atoms with van der Waals surface area (Å²) in [5.41, 5.74) is 0. The Kier molecular flexibility index (Phi) is 3.76. The summed E-state index contributed by atoms with van der Waals surface area (Å²) in [6.45, 7) is 4.32. The molecule has 6 heteroatoms. The van der Waals surface area contributed by atoms with Gasteiger partial charge >= 0.3 is 5.97 Å². The molecular formula is C12H15N3O2S. The molecule has 0 radical (unpaired) electrons. The van der Waals surface area contributed by atoms with Gasteiger partial charge in [-0.15, -0.1) is 11.3 Å². The van der Waals surface area contributed by atoms with Gasteiger partial charge in [0.25, 0.3) is 0 Å². The van der Waals surface area contributed by atoms with Crippen molar-refractivity contribution in [2.24, 2.45) is 5.92 Å². The molecule has 96 valence electrons. The number of aryl methyl sites for hydroxylation is 1. The molecule has 0 fully saturated rings. The summed E-state index contributed by atoms with van der Waals surface area (Å²) in [5.74, 6) is -0.336. The Balaban J connectivity index is 2.05.